The Labute approximate surface area is 147 Å². The van der Waals surface area contributed by atoms with Gasteiger partial charge in [0.1, 0.15) is 5.54 Å². The summed E-state index contributed by atoms with van der Waals surface area (Å²) in [6.07, 6.45) is 3.29. The highest BCUT2D eigenvalue weighted by molar-refractivity contribution is 6.07. The molecule has 1 aromatic rings. The zero-order chi connectivity index (χ0) is 17.9. The maximum atomic E-state index is 12.6. The molecule has 4 amide bonds. The molecule has 7 nitrogen and oxygen atoms in total. The Hall–Kier alpha value is -2.41. The van der Waals surface area contributed by atoms with Crippen molar-refractivity contribution in [1.29, 1.82) is 0 Å². The van der Waals surface area contributed by atoms with E-state index in [0.717, 1.165) is 36.5 Å². The van der Waals surface area contributed by atoms with E-state index >= 15 is 0 Å². The molecule has 0 bridgehead atoms. The summed E-state index contributed by atoms with van der Waals surface area (Å²) in [6.45, 7) is 3.66. The van der Waals surface area contributed by atoms with Crippen LogP contribution in [0.25, 0.3) is 0 Å². The Morgan fingerprint density at radius 3 is 2.56 bits per heavy atom. The number of nitrogens with zero attached hydrogens (tertiary/aromatic N) is 2. The lowest BCUT2D eigenvalue weighted by Gasteiger charge is -2.22. The first-order valence-electron chi connectivity index (χ1n) is 8.70. The van der Waals surface area contributed by atoms with Gasteiger partial charge in [0.05, 0.1) is 6.54 Å². The third-order valence-corrected chi connectivity index (χ3v) is 4.82. The van der Waals surface area contributed by atoms with Crippen molar-refractivity contribution < 1.29 is 14.4 Å². The summed E-state index contributed by atoms with van der Waals surface area (Å²) in [5.41, 5.74) is 2.54. The number of carbonyl (C=O) groups is 3. The SMILES string of the molecule is C[C@]1(CCc2ccccc2)NC(=O)N(NC(=O)CN2CCCC2)C1=O. The smallest absolute Gasteiger partial charge is 0.322 e. The number of aryl methyl sites for hydroxylation is 1. The molecule has 134 valence electrons. The molecule has 2 saturated heterocycles. The topological polar surface area (TPSA) is 81.8 Å². The molecule has 0 saturated carbocycles. The Morgan fingerprint density at radius 1 is 1.20 bits per heavy atom. The standard InChI is InChI=1S/C18H24N4O3/c1-18(10-9-14-7-3-2-4-8-14)16(24)22(17(25)19-18)20-15(23)13-21-11-5-6-12-21/h2-4,7-8H,5-6,9-13H2,1H3,(H,19,25)(H,20,23)/t18-/m1/s1. The van der Waals surface area contributed by atoms with E-state index < -0.39 is 17.5 Å². The number of urea groups is 1. The van der Waals surface area contributed by atoms with E-state index in [0.29, 0.717) is 12.8 Å². The molecule has 0 radical (unpaired) electrons. The van der Waals surface area contributed by atoms with Gasteiger partial charge in [-0.25, -0.2) is 4.79 Å². The van der Waals surface area contributed by atoms with Crippen molar-refractivity contribution in [2.24, 2.45) is 0 Å². The van der Waals surface area contributed by atoms with E-state index in [1.54, 1.807) is 6.92 Å². The summed E-state index contributed by atoms with van der Waals surface area (Å²) in [6, 6.07) is 9.22. The molecular weight excluding hydrogens is 320 g/mol. The summed E-state index contributed by atoms with van der Waals surface area (Å²) in [5.74, 6) is -0.749. The van der Waals surface area contributed by atoms with Crippen molar-refractivity contribution in [2.45, 2.75) is 38.1 Å². The number of likely N-dealkylation sites (tertiary alicyclic amines) is 1. The number of nitrogens with one attached hydrogen (secondary N) is 2. The molecule has 0 unspecified atom stereocenters. The normalized spacial score (nSPS) is 23.8. The van der Waals surface area contributed by atoms with Gasteiger partial charge in [-0.1, -0.05) is 30.3 Å². The maximum Gasteiger partial charge on any atom is 0.344 e. The number of amides is 4. The molecule has 3 rings (SSSR count). The minimum Gasteiger partial charge on any atom is -0.322 e. The van der Waals surface area contributed by atoms with Gasteiger partial charge in [0.2, 0.25) is 0 Å². The van der Waals surface area contributed by atoms with Gasteiger partial charge >= 0.3 is 6.03 Å². The van der Waals surface area contributed by atoms with Crippen molar-refractivity contribution in [3.8, 4) is 0 Å². The molecule has 2 heterocycles. The van der Waals surface area contributed by atoms with E-state index in [4.69, 9.17) is 0 Å². The molecule has 0 aliphatic carbocycles. The fraction of sp³-hybridized carbons (Fsp3) is 0.500. The highest BCUT2D eigenvalue weighted by atomic mass is 16.2. The third kappa shape index (κ3) is 3.99. The van der Waals surface area contributed by atoms with E-state index in [9.17, 15) is 14.4 Å². The lowest BCUT2D eigenvalue weighted by molar-refractivity contribution is -0.139. The van der Waals surface area contributed by atoms with Gasteiger partial charge in [-0.15, -0.1) is 0 Å². The number of hydrogen-bond acceptors (Lipinski definition) is 4. The fourth-order valence-corrected chi connectivity index (χ4v) is 3.30. The number of carbonyl (C=O) groups excluding carboxylic acids is 3. The summed E-state index contributed by atoms with van der Waals surface area (Å²) in [7, 11) is 0. The van der Waals surface area contributed by atoms with Crippen molar-refractivity contribution in [1.82, 2.24) is 20.7 Å². The quantitative estimate of drug-likeness (QED) is 0.756. The predicted molar refractivity (Wildman–Crippen MR) is 92.4 cm³/mol. The van der Waals surface area contributed by atoms with Gasteiger partial charge in [-0.3, -0.25) is 19.9 Å². The van der Waals surface area contributed by atoms with E-state index in [1.165, 1.54) is 0 Å². The lowest BCUT2D eigenvalue weighted by Crippen LogP contribution is -2.51. The molecule has 2 N–H and O–H groups in total. The van der Waals surface area contributed by atoms with Gasteiger partial charge in [0, 0.05) is 0 Å². The predicted octanol–water partition coefficient (Wildman–Crippen LogP) is 1.06. The van der Waals surface area contributed by atoms with Crippen LogP contribution >= 0.6 is 0 Å². The summed E-state index contributed by atoms with van der Waals surface area (Å²) in [4.78, 5) is 38.9. The van der Waals surface area contributed by atoms with Crippen molar-refractivity contribution in [3.63, 3.8) is 0 Å². The van der Waals surface area contributed by atoms with Crippen LogP contribution in [-0.2, 0) is 16.0 Å². The van der Waals surface area contributed by atoms with Crippen LogP contribution < -0.4 is 10.7 Å². The second-order valence-electron chi connectivity index (χ2n) is 6.91. The second-order valence-corrected chi connectivity index (χ2v) is 6.91. The minimum absolute atomic E-state index is 0.206. The molecule has 7 heteroatoms. The van der Waals surface area contributed by atoms with Crippen LogP contribution in [0.2, 0.25) is 0 Å². The second kappa shape index (κ2) is 7.23. The van der Waals surface area contributed by atoms with Crippen LogP contribution in [0.1, 0.15) is 31.7 Å². The summed E-state index contributed by atoms with van der Waals surface area (Å²) in [5, 5.41) is 3.53. The van der Waals surface area contributed by atoms with Crippen molar-refractivity contribution >= 4 is 17.8 Å². The first-order chi connectivity index (χ1) is 12.0. The highest BCUT2D eigenvalue weighted by Crippen LogP contribution is 2.22. The Balaban J connectivity index is 1.57. The number of rotatable bonds is 6. The van der Waals surface area contributed by atoms with E-state index in [1.807, 2.05) is 35.2 Å². The zero-order valence-corrected chi connectivity index (χ0v) is 14.5. The number of benzene rings is 1. The minimum atomic E-state index is -1.01. The van der Waals surface area contributed by atoms with Gasteiger partial charge in [-0.05, 0) is 51.3 Å². The molecule has 2 aliphatic heterocycles. The van der Waals surface area contributed by atoms with Crippen LogP contribution in [0, 0.1) is 0 Å². The molecule has 1 atom stereocenters. The van der Waals surface area contributed by atoms with Gasteiger partial charge in [0.15, 0.2) is 0 Å². The Kier molecular flexibility index (Phi) is 5.03. The molecule has 0 spiro atoms. The van der Waals surface area contributed by atoms with E-state index in [2.05, 4.69) is 10.7 Å². The molecule has 0 aromatic heterocycles. The Bertz CT molecular complexity index is 658. The molecular formula is C18H24N4O3. The van der Waals surface area contributed by atoms with Crippen LogP contribution in [0.3, 0.4) is 0 Å². The molecule has 2 fully saturated rings. The zero-order valence-electron chi connectivity index (χ0n) is 14.5. The van der Waals surface area contributed by atoms with Gasteiger partial charge < -0.3 is 5.32 Å². The number of imide groups is 1. The van der Waals surface area contributed by atoms with Gasteiger partial charge in [0.25, 0.3) is 11.8 Å². The highest BCUT2D eigenvalue weighted by Gasteiger charge is 2.48. The average molecular weight is 344 g/mol. The van der Waals surface area contributed by atoms with Crippen LogP contribution in [0.4, 0.5) is 4.79 Å². The van der Waals surface area contributed by atoms with Gasteiger partial charge in [-0.2, -0.15) is 5.01 Å². The Morgan fingerprint density at radius 2 is 1.88 bits per heavy atom. The van der Waals surface area contributed by atoms with Crippen molar-refractivity contribution in [2.75, 3.05) is 19.6 Å². The molecule has 2 aliphatic rings. The van der Waals surface area contributed by atoms with Crippen LogP contribution in [-0.4, -0.2) is 52.9 Å². The first kappa shape index (κ1) is 17.4. The largest absolute Gasteiger partial charge is 0.344 e. The number of hydrazine groups is 1. The van der Waals surface area contributed by atoms with E-state index in [-0.39, 0.29) is 12.5 Å². The number of hydrogen-bond donors (Lipinski definition) is 2. The average Bonchev–Trinajstić information content (AvgIpc) is 3.17. The first-order valence-corrected chi connectivity index (χ1v) is 8.70. The van der Waals surface area contributed by atoms with Crippen LogP contribution in [0.5, 0.6) is 0 Å². The van der Waals surface area contributed by atoms with Crippen LogP contribution in [0.15, 0.2) is 30.3 Å². The molecule has 25 heavy (non-hydrogen) atoms. The summed E-state index contributed by atoms with van der Waals surface area (Å²) < 4.78 is 0. The lowest BCUT2D eigenvalue weighted by atomic mass is 9.93. The fourth-order valence-electron chi connectivity index (χ4n) is 3.30. The van der Waals surface area contributed by atoms with Crippen molar-refractivity contribution in [3.05, 3.63) is 35.9 Å². The summed E-state index contributed by atoms with van der Waals surface area (Å²) >= 11 is 0. The molecule has 1 aromatic carbocycles. The maximum absolute atomic E-state index is 12.6. The monoisotopic (exact) mass is 344 g/mol. The third-order valence-electron chi connectivity index (χ3n) is 4.82.